The summed E-state index contributed by atoms with van der Waals surface area (Å²) >= 11 is 0. The van der Waals surface area contributed by atoms with Crippen molar-refractivity contribution in [2.24, 2.45) is 5.41 Å². The number of hydrogen-bond donors (Lipinski definition) is 1. The molecule has 4 fully saturated rings. The van der Waals surface area contributed by atoms with Crippen LogP contribution in [-0.4, -0.2) is 54.1 Å². The minimum Gasteiger partial charge on any atom is -0.314 e. The Morgan fingerprint density at radius 3 is 2.38 bits per heavy atom. The van der Waals surface area contributed by atoms with Gasteiger partial charge in [0.15, 0.2) is 0 Å². The highest BCUT2D eigenvalue weighted by molar-refractivity contribution is 5.36. The van der Waals surface area contributed by atoms with Crippen LogP contribution in [-0.2, 0) is 0 Å². The van der Waals surface area contributed by atoms with E-state index in [-0.39, 0.29) is 5.41 Å². The van der Waals surface area contributed by atoms with Crippen molar-refractivity contribution in [3.05, 3.63) is 35.4 Å². The third kappa shape index (κ3) is 2.83. The minimum atomic E-state index is -0.489. The number of likely N-dealkylation sites (tertiary alicyclic amines) is 2. The van der Waals surface area contributed by atoms with E-state index in [4.69, 9.17) is 0 Å². The summed E-state index contributed by atoms with van der Waals surface area (Å²) < 4.78 is 9.62. The molecule has 3 saturated heterocycles. The van der Waals surface area contributed by atoms with E-state index in [9.17, 15) is 1.37 Å². The summed E-state index contributed by atoms with van der Waals surface area (Å²) in [5.41, 5.74) is 3.12. The summed E-state index contributed by atoms with van der Waals surface area (Å²) in [5, 5.41) is 3.41. The Hall–Kier alpha value is -0.900. The largest absolute Gasteiger partial charge is 0.314 e. The average molecular weight is 355 g/mol. The van der Waals surface area contributed by atoms with Crippen LogP contribution >= 0.6 is 0 Å². The first-order valence-corrected chi connectivity index (χ1v) is 10.7. The van der Waals surface area contributed by atoms with E-state index in [0.717, 1.165) is 32.1 Å². The third-order valence-corrected chi connectivity index (χ3v) is 7.03. The number of rotatable bonds is 4. The summed E-state index contributed by atoms with van der Waals surface area (Å²) in [6.07, 6.45) is 5.25. The van der Waals surface area contributed by atoms with Crippen LogP contribution in [0.3, 0.4) is 0 Å². The summed E-state index contributed by atoms with van der Waals surface area (Å²) in [4.78, 5) is 5.22. The van der Waals surface area contributed by atoms with E-state index < -0.39 is 6.02 Å². The summed E-state index contributed by atoms with van der Waals surface area (Å²) in [5.74, 6) is 0.797. The second kappa shape index (κ2) is 6.32. The highest BCUT2D eigenvalue weighted by atomic mass is 15.4. The number of nitrogens with one attached hydrogen (secondary N) is 1. The minimum absolute atomic E-state index is 0.0470. The van der Waals surface area contributed by atoms with Crippen molar-refractivity contribution in [3.63, 3.8) is 0 Å². The van der Waals surface area contributed by atoms with Crippen molar-refractivity contribution in [2.75, 3.05) is 26.2 Å². The van der Waals surface area contributed by atoms with E-state index >= 15 is 0 Å². The van der Waals surface area contributed by atoms with Gasteiger partial charge in [-0.1, -0.05) is 45.0 Å². The standard InChI is InChI=1S/C23H35N3/c1-23(2,3)22-21(15-26(22)17-13-24-14-17)25-12-6-9-20(25)19-8-5-4-7-18(19)16-10-11-16/h4-5,7-8,16-17,20-22,24H,6,9-15H2,1-3H3/i22D. The maximum atomic E-state index is 9.62. The van der Waals surface area contributed by atoms with Gasteiger partial charge in [0, 0.05) is 45.1 Å². The molecule has 1 aromatic rings. The first-order valence-electron chi connectivity index (χ1n) is 11.2. The van der Waals surface area contributed by atoms with E-state index in [1.165, 1.54) is 25.7 Å². The zero-order chi connectivity index (χ0) is 18.8. The highest BCUT2D eigenvalue weighted by Gasteiger charge is 2.53. The fraction of sp³-hybridized carbons (Fsp3) is 0.739. The molecule has 26 heavy (non-hydrogen) atoms. The Bertz CT molecular complexity index is 706. The molecule has 142 valence electrons. The van der Waals surface area contributed by atoms with Crippen molar-refractivity contribution >= 4 is 0 Å². The molecule has 3 unspecified atom stereocenters. The first kappa shape index (κ1) is 16.1. The van der Waals surface area contributed by atoms with Crippen molar-refractivity contribution in [1.29, 1.82) is 0 Å². The van der Waals surface area contributed by atoms with E-state index in [0.29, 0.717) is 18.1 Å². The van der Waals surface area contributed by atoms with Gasteiger partial charge in [-0.05, 0) is 54.7 Å². The Labute approximate surface area is 160 Å². The predicted molar refractivity (Wildman–Crippen MR) is 107 cm³/mol. The molecule has 0 radical (unpaired) electrons. The molecule has 0 bridgehead atoms. The molecule has 3 atom stereocenters. The van der Waals surface area contributed by atoms with Crippen LogP contribution in [0.2, 0.25) is 0 Å². The van der Waals surface area contributed by atoms with Crippen LogP contribution in [0.25, 0.3) is 0 Å². The van der Waals surface area contributed by atoms with Crippen LogP contribution in [0.1, 0.15) is 70.9 Å². The fourth-order valence-electron chi connectivity index (χ4n) is 5.56. The topological polar surface area (TPSA) is 18.5 Å². The van der Waals surface area contributed by atoms with E-state index in [2.05, 4.69) is 60.2 Å². The Balaban J connectivity index is 1.45. The molecule has 0 spiro atoms. The van der Waals surface area contributed by atoms with Gasteiger partial charge >= 0.3 is 0 Å². The Kier molecular flexibility index (Phi) is 3.91. The molecular formula is C23H35N3. The number of benzene rings is 1. The molecular weight excluding hydrogens is 318 g/mol. The maximum absolute atomic E-state index is 9.62. The van der Waals surface area contributed by atoms with Gasteiger partial charge in [-0.25, -0.2) is 0 Å². The summed E-state index contributed by atoms with van der Waals surface area (Å²) in [6.45, 7) is 11.1. The van der Waals surface area contributed by atoms with E-state index in [1.807, 2.05) is 0 Å². The molecule has 3 heteroatoms. The Morgan fingerprint density at radius 1 is 1.04 bits per heavy atom. The van der Waals surface area contributed by atoms with Gasteiger partial charge in [-0.3, -0.25) is 9.80 Å². The molecule has 3 nitrogen and oxygen atoms in total. The van der Waals surface area contributed by atoms with Gasteiger partial charge in [-0.15, -0.1) is 0 Å². The molecule has 1 aliphatic carbocycles. The molecule has 0 aromatic heterocycles. The molecule has 3 heterocycles. The van der Waals surface area contributed by atoms with Crippen LogP contribution in [0.4, 0.5) is 0 Å². The Morgan fingerprint density at radius 2 is 1.77 bits per heavy atom. The van der Waals surface area contributed by atoms with Crippen LogP contribution in [0, 0.1) is 5.41 Å². The average Bonchev–Trinajstić information content (AvgIpc) is 3.33. The molecule has 1 N–H and O–H groups in total. The van der Waals surface area contributed by atoms with Gasteiger partial charge in [0.2, 0.25) is 0 Å². The zero-order valence-electron chi connectivity index (χ0n) is 17.7. The van der Waals surface area contributed by atoms with Gasteiger partial charge < -0.3 is 5.32 Å². The van der Waals surface area contributed by atoms with Gasteiger partial charge in [0.1, 0.15) is 0 Å². The number of hydrogen-bond acceptors (Lipinski definition) is 3. The van der Waals surface area contributed by atoms with E-state index in [1.54, 1.807) is 11.1 Å². The van der Waals surface area contributed by atoms with Gasteiger partial charge in [-0.2, -0.15) is 0 Å². The first-order chi connectivity index (χ1) is 12.9. The lowest BCUT2D eigenvalue weighted by atomic mass is 9.73. The lowest BCUT2D eigenvalue weighted by Gasteiger charge is -2.62. The van der Waals surface area contributed by atoms with Crippen molar-refractivity contribution in [1.82, 2.24) is 15.1 Å². The monoisotopic (exact) mass is 354 g/mol. The zero-order valence-corrected chi connectivity index (χ0v) is 16.7. The van der Waals surface area contributed by atoms with Crippen molar-refractivity contribution < 1.29 is 1.37 Å². The fourth-order valence-corrected chi connectivity index (χ4v) is 5.56. The van der Waals surface area contributed by atoms with Crippen LogP contribution in [0.15, 0.2) is 24.3 Å². The summed E-state index contributed by atoms with van der Waals surface area (Å²) in [7, 11) is 0. The highest BCUT2D eigenvalue weighted by Crippen LogP contribution is 2.48. The molecule has 0 amide bonds. The second-order valence-electron chi connectivity index (χ2n) is 9.91. The second-order valence-corrected chi connectivity index (χ2v) is 9.91. The van der Waals surface area contributed by atoms with Crippen molar-refractivity contribution in [2.45, 2.75) is 76.5 Å². The molecule has 1 aromatic carbocycles. The van der Waals surface area contributed by atoms with Gasteiger partial charge in [0.05, 0.1) is 0 Å². The van der Waals surface area contributed by atoms with Crippen LogP contribution in [0.5, 0.6) is 0 Å². The predicted octanol–water partition coefficient (Wildman–Crippen LogP) is 3.77. The smallest absolute Gasteiger partial charge is 0.0490 e. The number of nitrogens with zero attached hydrogens (tertiary/aromatic N) is 2. The third-order valence-electron chi connectivity index (χ3n) is 7.03. The molecule has 4 aliphatic rings. The normalized spacial score (nSPS) is 37.3. The quantitative estimate of drug-likeness (QED) is 0.888. The molecule has 3 aliphatic heterocycles. The van der Waals surface area contributed by atoms with Crippen molar-refractivity contribution in [3.8, 4) is 0 Å². The molecule has 1 saturated carbocycles. The molecule has 5 rings (SSSR count). The van der Waals surface area contributed by atoms with Gasteiger partial charge in [0.25, 0.3) is 0 Å². The lowest BCUT2D eigenvalue weighted by molar-refractivity contribution is -0.115. The summed E-state index contributed by atoms with van der Waals surface area (Å²) in [6, 6.07) is 10.1. The maximum Gasteiger partial charge on any atom is 0.0490 e. The lowest BCUT2D eigenvalue weighted by Crippen LogP contribution is -2.76. The van der Waals surface area contributed by atoms with Crippen LogP contribution < -0.4 is 5.32 Å². The SMILES string of the molecule is [2H]C1(C(C)(C)C)C(N2CCCC2c2ccccc2C2CC2)CN1C1CNC1.